The quantitative estimate of drug-likeness (QED) is 0.840. The van der Waals surface area contributed by atoms with Crippen molar-refractivity contribution >= 4 is 11.8 Å². The highest BCUT2D eigenvalue weighted by atomic mass is 32.2. The highest BCUT2D eigenvalue weighted by Gasteiger charge is 2.13. The average molecular weight is 273 g/mol. The van der Waals surface area contributed by atoms with Gasteiger partial charge in [-0.2, -0.15) is 0 Å². The van der Waals surface area contributed by atoms with Crippen LogP contribution in [-0.4, -0.2) is 12.9 Å². The molecule has 0 aliphatic carbocycles. The van der Waals surface area contributed by atoms with Crippen LogP contribution in [-0.2, 0) is 0 Å². The lowest BCUT2D eigenvalue weighted by Gasteiger charge is -2.16. The number of hydrogen-bond acceptors (Lipinski definition) is 3. The fraction of sp³-hybridized carbons (Fsp3) is 0.250. The molecule has 0 saturated carbocycles. The zero-order chi connectivity index (χ0) is 13.7. The monoisotopic (exact) mass is 273 g/mol. The van der Waals surface area contributed by atoms with Gasteiger partial charge in [-0.1, -0.05) is 30.3 Å². The highest BCUT2D eigenvalue weighted by Crippen LogP contribution is 2.29. The molecule has 100 valence electrons. The smallest absolute Gasteiger partial charge is 0.119 e. The van der Waals surface area contributed by atoms with E-state index < -0.39 is 0 Å². The van der Waals surface area contributed by atoms with Crippen molar-refractivity contribution in [2.24, 2.45) is 5.73 Å². The van der Waals surface area contributed by atoms with Crippen molar-refractivity contribution in [1.29, 1.82) is 0 Å². The van der Waals surface area contributed by atoms with E-state index in [1.807, 2.05) is 43.3 Å². The molecule has 0 radical (unpaired) electrons. The first-order chi connectivity index (χ1) is 9.26. The molecule has 2 aromatic carbocycles. The Morgan fingerprint density at radius 3 is 2.68 bits per heavy atom. The Labute approximate surface area is 119 Å². The predicted octanol–water partition coefficient (Wildman–Crippen LogP) is 3.86. The van der Waals surface area contributed by atoms with Crippen molar-refractivity contribution in [2.45, 2.75) is 17.9 Å². The first kappa shape index (κ1) is 14.0. The van der Waals surface area contributed by atoms with Crippen LogP contribution in [0, 0.1) is 0 Å². The van der Waals surface area contributed by atoms with E-state index in [-0.39, 0.29) is 6.04 Å². The topological polar surface area (TPSA) is 35.2 Å². The third-order valence-corrected chi connectivity index (χ3v) is 3.81. The van der Waals surface area contributed by atoms with Crippen molar-refractivity contribution in [2.75, 3.05) is 12.9 Å². The Morgan fingerprint density at radius 2 is 1.95 bits per heavy atom. The number of benzene rings is 2. The number of hydrogen-bond donors (Lipinski definition) is 1. The molecule has 0 saturated heterocycles. The zero-order valence-electron chi connectivity index (χ0n) is 11.3. The van der Waals surface area contributed by atoms with Crippen LogP contribution in [0.15, 0.2) is 53.4 Å². The Hall–Kier alpha value is -1.45. The number of thioether (sulfide) groups is 1. The van der Waals surface area contributed by atoms with Gasteiger partial charge in [0.1, 0.15) is 5.75 Å². The molecule has 1 atom stereocenters. The molecule has 0 spiro atoms. The minimum Gasteiger partial charge on any atom is -0.494 e. The molecule has 3 heteroatoms. The molecule has 19 heavy (non-hydrogen) atoms. The van der Waals surface area contributed by atoms with E-state index in [0.717, 1.165) is 16.9 Å². The third-order valence-electron chi connectivity index (χ3n) is 3.00. The molecular formula is C16H19NOS. The van der Waals surface area contributed by atoms with Crippen molar-refractivity contribution < 1.29 is 4.74 Å². The Balaban J connectivity index is 2.32. The number of rotatable bonds is 5. The van der Waals surface area contributed by atoms with Gasteiger partial charge in [-0.05, 0) is 42.5 Å². The SMILES string of the molecule is CCOc1cccc(C(N)c2ccccc2SC)c1. The van der Waals surface area contributed by atoms with E-state index >= 15 is 0 Å². The standard InChI is InChI=1S/C16H19NOS/c1-3-18-13-8-6-7-12(11-13)16(17)14-9-4-5-10-15(14)19-2/h4-11,16H,3,17H2,1-2H3. The minimum atomic E-state index is -0.121. The summed E-state index contributed by atoms with van der Waals surface area (Å²) in [6.07, 6.45) is 2.07. The van der Waals surface area contributed by atoms with Crippen LogP contribution in [0.25, 0.3) is 0 Å². The Morgan fingerprint density at radius 1 is 1.16 bits per heavy atom. The highest BCUT2D eigenvalue weighted by molar-refractivity contribution is 7.98. The van der Waals surface area contributed by atoms with Gasteiger partial charge in [0.05, 0.1) is 12.6 Å². The Bertz CT molecular complexity index is 542. The number of ether oxygens (including phenoxy) is 1. The fourth-order valence-electron chi connectivity index (χ4n) is 2.07. The summed E-state index contributed by atoms with van der Waals surface area (Å²) in [6.45, 7) is 2.65. The van der Waals surface area contributed by atoms with Gasteiger partial charge in [-0.15, -0.1) is 11.8 Å². The lowest BCUT2D eigenvalue weighted by molar-refractivity contribution is 0.340. The van der Waals surface area contributed by atoms with Crippen LogP contribution in [0.4, 0.5) is 0 Å². The molecule has 1 unspecified atom stereocenters. The van der Waals surface area contributed by atoms with Crippen molar-refractivity contribution in [3.05, 3.63) is 59.7 Å². The van der Waals surface area contributed by atoms with Gasteiger partial charge in [0.25, 0.3) is 0 Å². The van der Waals surface area contributed by atoms with Gasteiger partial charge >= 0.3 is 0 Å². The van der Waals surface area contributed by atoms with Crippen LogP contribution < -0.4 is 10.5 Å². The fourth-order valence-corrected chi connectivity index (χ4v) is 2.71. The molecule has 2 nitrogen and oxygen atoms in total. The summed E-state index contributed by atoms with van der Waals surface area (Å²) >= 11 is 1.72. The van der Waals surface area contributed by atoms with Gasteiger partial charge in [-0.25, -0.2) is 0 Å². The molecule has 0 aliphatic rings. The maximum Gasteiger partial charge on any atom is 0.119 e. The van der Waals surface area contributed by atoms with E-state index in [4.69, 9.17) is 10.5 Å². The maximum atomic E-state index is 6.39. The summed E-state index contributed by atoms with van der Waals surface area (Å²) in [7, 11) is 0. The average Bonchev–Trinajstić information content (AvgIpc) is 2.47. The second-order valence-corrected chi connectivity index (χ2v) is 5.07. The Kier molecular flexibility index (Phi) is 4.88. The van der Waals surface area contributed by atoms with Crippen LogP contribution in [0.5, 0.6) is 5.75 Å². The van der Waals surface area contributed by atoms with E-state index in [1.54, 1.807) is 11.8 Å². The van der Waals surface area contributed by atoms with E-state index in [0.29, 0.717) is 6.61 Å². The van der Waals surface area contributed by atoms with Crippen LogP contribution in [0.1, 0.15) is 24.1 Å². The van der Waals surface area contributed by atoms with Crippen molar-refractivity contribution in [3.8, 4) is 5.75 Å². The first-order valence-corrected chi connectivity index (χ1v) is 7.60. The summed E-state index contributed by atoms with van der Waals surface area (Å²) in [5.74, 6) is 0.872. The van der Waals surface area contributed by atoms with Crippen LogP contribution in [0.3, 0.4) is 0 Å². The van der Waals surface area contributed by atoms with Crippen molar-refractivity contribution in [1.82, 2.24) is 0 Å². The van der Waals surface area contributed by atoms with Gasteiger partial charge in [0.15, 0.2) is 0 Å². The van der Waals surface area contributed by atoms with E-state index in [1.165, 1.54) is 4.90 Å². The first-order valence-electron chi connectivity index (χ1n) is 6.37. The summed E-state index contributed by atoms with van der Waals surface area (Å²) in [6, 6.07) is 16.2. The summed E-state index contributed by atoms with van der Waals surface area (Å²) in [4.78, 5) is 1.22. The van der Waals surface area contributed by atoms with Crippen molar-refractivity contribution in [3.63, 3.8) is 0 Å². The molecule has 0 fully saturated rings. The molecular weight excluding hydrogens is 254 g/mol. The molecule has 0 amide bonds. The minimum absolute atomic E-state index is 0.121. The largest absolute Gasteiger partial charge is 0.494 e. The summed E-state index contributed by atoms with van der Waals surface area (Å²) < 4.78 is 5.53. The molecule has 2 aromatic rings. The second-order valence-electron chi connectivity index (χ2n) is 4.23. The number of nitrogens with two attached hydrogens (primary N) is 1. The van der Waals surface area contributed by atoms with E-state index in [2.05, 4.69) is 18.4 Å². The van der Waals surface area contributed by atoms with Crippen LogP contribution >= 0.6 is 11.8 Å². The summed E-state index contributed by atoms with van der Waals surface area (Å²) in [5.41, 5.74) is 8.62. The normalized spacial score (nSPS) is 12.2. The molecule has 0 bridgehead atoms. The molecule has 2 rings (SSSR count). The maximum absolute atomic E-state index is 6.39. The lowest BCUT2D eigenvalue weighted by Crippen LogP contribution is -2.13. The molecule has 0 aliphatic heterocycles. The van der Waals surface area contributed by atoms with Crippen LogP contribution in [0.2, 0.25) is 0 Å². The molecule has 0 aromatic heterocycles. The van der Waals surface area contributed by atoms with Gasteiger partial charge in [0, 0.05) is 4.90 Å². The third kappa shape index (κ3) is 3.31. The van der Waals surface area contributed by atoms with E-state index in [9.17, 15) is 0 Å². The van der Waals surface area contributed by atoms with Gasteiger partial charge in [-0.3, -0.25) is 0 Å². The summed E-state index contributed by atoms with van der Waals surface area (Å²) in [5, 5.41) is 0. The lowest BCUT2D eigenvalue weighted by atomic mass is 9.99. The molecule has 2 N–H and O–H groups in total. The zero-order valence-corrected chi connectivity index (χ0v) is 12.1. The predicted molar refractivity (Wildman–Crippen MR) is 81.9 cm³/mol. The molecule has 0 heterocycles. The second kappa shape index (κ2) is 6.64. The van der Waals surface area contributed by atoms with Gasteiger partial charge in [0.2, 0.25) is 0 Å². The van der Waals surface area contributed by atoms with Gasteiger partial charge < -0.3 is 10.5 Å².